The average Bonchev–Trinajstić information content (AvgIpc) is 2.85. The fraction of sp³-hybridized carbons (Fsp3) is 0.375. The third kappa shape index (κ3) is 3.58. The smallest absolute Gasteiger partial charge is 0.119 e. The summed E-state index contributed by atoms with van der Waals surface area (Å²) >= 11 is 1.81. The van der Waals surface area contributed by atoms with Crippen LogP contribution >= 0.6 is 11.3 Å². The van der Waals surface area contributed by atoms with Gasteiger partial charge >= 0.3 is 0 Å². The van der Waals surface area contributed by atoms with Gasteiger partial charge in [0.05, 0.1) is 7.11 Å². The number of hydrogen-bond donors (Lipinski definition) is 1. The predicted molar refractivity (Wildman–Crippen MR) is 82.2 cm³/mol. The van der Waals surface area contributed by atoms with Crippen molar-refractivity contribution >= 4 is 11.3 Å². The van der Waals surface area contributed by atoms with Crippen molar-refractivity contribution in [1.29, 1.82) is 0 Å². The van der Waals surface area contributed by atoms with Crippen molar-refractivity contribution in [3.05, 3.63) is 51.7 Å². The zero-order valence-electron chi connectivity index (χ0n) is 11.8. The summed E-state index contributed by atoms with van der Waals surface area (Å²) < 4.78 is 5.29. The van der Waals surface area contributed by atoms with Crippen LogP contribution in [0.4, 0.5) is 0 Å². The molecule has 0 bridgehead atoms. The van der Waals surface area contributed by atoms with Gasteiger partial charge in [0.25, 0.3) is 0 Å². The number of aryl methyl sites for hydroxylation is 1. The summed E-state index contributed by atoms with van der Waals surface area (Å²) in [4.78, 5) is 1.40. The lowest BCUT2D eigenvalue weighted by molar-refractivity contribution is 0.414. The molecule has 0 spiro atoms. The normalized spacial score (nSPS) is 12.4. The molecule has 3 heteroatoms. The first kappa shape index (κ1) is 14.1. The lowest BCUT2D eigenvalue weighted by atomic mass is 9.99. The lowest BCUT2D eigenvalue weighted by Crippen LogP contribution is -2.23. The molecule has 0 aliphatic heterocycles. The van der Waals surface area contributed by atoms with Gasteiger partial charge in [-0.1, -0.05) is 19.1 Å². The molecule has 0 aliphatic carbocycles. The van der Waals surface area contributed by atoms with Gasteiger partial charge in [-0.15, -0.1) is 11.3 Å². The van der Waals surface area contributed by atoms with E-state index in [4.69, 9.17) is 4.74 Å². The van der Waals surface area contributed by atoms with E-state index in [1.807, 2.05) is 17.4 Å². The summed E-state index contributed by atoms with van der Waals surface area (Å²) in [5, 5.41) is 5.74. The Balaban J connectivity index is 2.18. The highest BCUT2D eigenvalue weighted by Gasteiger charge is 2.14. The monoisotopic (exact) mass is 275 g/mol. The summed E-state index contributed by atoms with van der Waals surface area (Å²) in [6.45, 7) is 5.32. The first-order valence-corrected chi connectivity index (χ1v) is 7.53. The van der Waals surface area contributed by atoms with Crippen LogP contribution in [-0.2, 0) is 6.42 Å². The van der Waals surface area contributed by atoms with Crippen LogP contribution in [0.15, 0.2) is 35.7 Å². The minimum absolute atomic E-state index is 0.378. The van der Waals surface area contributed by atoms with Crippen LogP contribution in [0.2, 0.25) is 0 Å². The number of likely N-dealkylation sites (N-methyl/N-ethyl adjacent to an activating group) is 1. The molecule has 1 aromatic carbocycles. The summed E-state index contributed by atoms with van der Waals surface area (Å²) in [5.74, 6) is 0.926. The van der Waals surface area contributed by atoms with E-state index in [1.54, 1.807) is 7.11 Å². The van der Waals surface area contributed by atoms with Crippen LogP contribution in [0.25, 0.3) is 0 Å². The van der Waals surface area contributed by atoms with Crippen molar-refractivity contribution in [2.45, 2.75) is 26.3 Å². The molecule has 1 N–H and O–H groups in total. The number of ether oxygens (including phenoxy) is 1. The van der Waals surface area contributed by atoms with Crippen molar-refractivity contribution in [3.63, 3.8) is 0 Å². The molecule has 2 nitrogen and oxygen atoms in total. The minimum Gasteiger partial charge on any atom is -0.497 e. The molecule has 0 amide bonds. The van der Waals surface area contributed by atoms with Gasteiger partial charge in [-0.3, -0.25) is 0 Å². The van der Waals surface area contributed by atoms with Gasteiger partial charge in [0.1, 0.15) is 5.75 Å². The Bertz CT molecular complexity index is 521. The molecule has 0 aliphatic rings. The second-order valence-corrected chi connectivity index (χ2v) is 5.72. The second-order valence-electron chi connectivity index (χ2n) is 4.60. The minimum atomic E-state index is 0.378. The summed E-state index contributed by atoms with van der Waals surface area (Å²) in [6, 6.07) is 10.9. The molecule has 0 saturated carbocycles. The van der Waals surface area contributed by atoms with Gasteiger partial charge in [-0.25, -0.2) is 0 Å². The van der Waals surface area contributed by atoms with Gasteiger partial charge in [0.2, 0.25) is 0 Å². The Morgan fingerprint density at radius 1 is 1.32 bits per heavy atom. The van der Waals surface area contributed by atoms with Crippen LogP contribution in [0.1, 0.15) is 29.0 Å². The van der Waals surface area contributed by atoms with Crippen molar-refractivity contribution in [2.75, 3.05) is 13.7 Å². The predicted octanol–water partition coefficient (Wildman–Crippen LogP) is 3.96. The number of methoxy groups -OCH3 is 1. The van der Waals surface area contributed by atoms with Gasteiger partial charge in [0.15, 0.2) is 0 Å². The van der Waals surface area contributed by atoms with Gasteiger partial charge in [-0.2, -0.15) is 0 Å². The Hall–Kier alpha value is -1.32. The molecule has 19 heavy (non-hydrogen) atoms. The largest absolute Gasteiger partial charge is 0.497 e. The molecular weight excluding hydrogens is 254 g/mol. The van der Waals surface area contributed by atoms with Crippen LogP contribution < -0.4 is 10.1 Å². The van der Waals surface area contributed by atoms with Crippen LogP contribution in [0.3, 0.4) is 0 Å². The SMILES string of the molecule is CCNC(Cc1cccc(OC)c1)c1ccsc1C. The Labute approximate surface area is 119 Å². The number of hydrogen-bond acceptors (Lipinski definition) is 3. The fourth-order valence-electron chi connectivity index (χ4n) is 2.33. The van der Waals surface area contributed by atoms with Crippen LogP contribution in [-0.4, -0.2) is 13.7 Å². The molecule has 1 atom stereocenters. The topological polar surface area (TPSA) is 21.3 Å². The summed E-state index contributed by atoms with van der Waals surface area (Å²) in [5.41, 5.74) is 2.71. The van der Waals surface area contributed by atoms with Gasteiger partial charge < -0.3 is 10.1 Å². The Morgan fingerprint density at radius 2 is 2.16 bits per heavy atom. The van der Waals surface area contributed by atoms with E-state index in [2.05, 4.69) is 48.8 Å². The highest BCUT2D eigenvalue weighted by Crippen LogP contribution is 2.26. The van der Waals surface area contributed by atoms with E-state index in [1.165, 1.54) is 16.0 Å². The standard InChI is InChI=1S/C16H21NOS/c1-4-17-16(15-8-9-19-12(15)2)11-13-6-5-7-14(10-13)18-3/h5-10,16-17H,4,11H2,1-3H3. The number of thiophene rings is 1. The quantitative estimate of drug-likeness (QED) is 0.861. The molecule has 1 aromatic heterocycles. The molecule has 1 heterocycles. The van der Waals surface area contributed by atoms with Crippen molar-refractivity contribution in [1.82, 2.24) is 5.32 Å². The average molecular weight is 275 g/mol. The highest BCUT2D eigenvalue weighted by atomic mass is 32.1. The number of nitrogens with one attached hydrogen (secondary N) is 1. The molecule has 0 saturated heterocycles. The zero-order chi connectivity index (χ0) is 13.7. The van der Waals surface area contributed by atoms with E-state index >= 15 is 0 Å². The highest BCUT2D eigenvalue weighted by molar-refractivity contribution is 7.10. The molecular formula is C16H21NOS. The van der Waals surface area contributed by atoms with Crippen molar-refractivity contribution < 1.29 is 4.74 Å². The zero-order valence-corrected chi connectivity index (χ0v) is 12.6. The third-order valence-electron chi connectivity index (χ3n) is 3.30. The van der Waals surface area contributed by atoms with E-state index in [0.717, 1.165) is 18.7 Å². The van der Waals surface area contributed by atoms with E-state index < -0.39 is 0 Å². The maximum Gasteiger partial charge on any atom is 0.119 e. The van der Waals surface area contributed by atoms with Gasteiger partial charge in [-0.05, 0) is 54.6 Å². The second kappa shape index (κ2) is 6.73. The van der Waals surface area contributed by atoms with Crippen molar-refractivity contribution in [2.24, 2.45) is 0 Å². The fourth-order valence-corrected chi connectivity index (χ4v) is 3.10. The van der Waals surface area contributed by atoms with Crippen LogP contribution in [0, 0.1) is 6.92 Å². The van der Waals surface area contributed by atoms with E-state index in [9.17, 15) is 0 Å². The summed E-state index contributed by atoms with van der Waals surface area (Å²) in [6.07, 6.45) is 0.989. The van der Waals surface area contributed by atoms with E-state index in [-0.39, 0.29) is 0 Å². The van der Waals surface area contributed by atoms with Gasteiger partial charge in [0, 0.05) is 10.9 Å². The maximum absolute atomic E-state index is 5.29. The molecule has 102 valence electrons. The number of rotatable bonds is 6. The van der Waals surface area contributed by atoms with Crippen LogP contribution in [0.5, 0.6) is 5.75 Å². The van der Waals surface area contributed by atoms with Crippen molar-refractivity contribution in [3.8, 4) is 5.75 Å². The molecule has 0 fully saturated rings. The first-order chi connectivity index (χ1) is 9.24. The maximum atomic E-state index is 5.29. The molecule has 1 unspecified atom stereocenters. The molecule has 2 aromatic rings. The Kier molecular flexibility index (Phi) is 5.00. The first-order valence-electron chi connectivity index (χ1n) is 6.65. The Morgan fingerprint density at radius 3 is 2.79 bits per heavy atom. The third-order valence-corrected chi connectivity index (χ3v) is 4.16. The molecule has 2 rings (SSSR count). The lowest BCUT2D eigenvalue weighted by Gasteiger charge is -2.18. The summed E-state index contributed by atoms with van der Waals surface area (Å²) in [7, 11) is 1.71. The molecule has 0 radical (unpaired) electrons. The number of benzene rings is 1. The van der Waals surface area contributed by atoms with E-state index in [0.29, 0.717) is 6.04 Å².